The highest BCUT2D eigenvalue weighted by molar-refractivity contribution is 6.09. The summed E-state index contributed by atoms with van der Waals surface area (Å²) in [5.41, 5.74) is 0.726. The molecule has 5 nitrogen and oxygen atoms in total. The molecule has 0 N–H and O–H groups in total. The fourth-order valence-corrected chi connectivity index (χ4v) is 2.41. The Morgan fingerprint density at radius 1 is 1.55 bits per heavy atom. The number of nitriles is 1. The van der Waals surface area contributed by atoms with Gasteiger partial charge < -0.3 is 9.64 Å². The summed E-state index contributed by atoms with van der Waals surface area (Å²) < 4.78 is 5.15. The maximum absolute atomic E-state index is 12.4. The molecule has 1 aromatic rings. The van der Waals surface area contributed by atoms with Crippen molar-refractivity contribution in [2.45, 2.75) is 19.3 Å². The van der Waals surface area contributed by atoms with Gasteiger partial charge in [0.2, 0.25) is 5.91 Å². The molecule has 5 heteroatoms. The molecule has 1 aliphatic rings. The summed E-state index contributed by atoms with van der Waals surface area (Å²) in [5, 5.41) is 8.59. The molecule has 0 aromatic heterocycles. The fraction of sp³-hybridized carbons (Fsp3) is 0.400. The van der Waals surface area contributed by atoms with Crippen LogP contribution in [0.4, 0.5) is 5.69 Å². The Morgan fingerprint density at radius 3 is 3.05 bits per heavy atom. The highest BCUT2D eigenvalue weighted by Gasteiger charge is 2.34. The molecule has 0 radical (unpaired) electrons. The van der Waals surface area contributed by atoms with Gasteiger partial charge in [0.1, 0.15) is 5.75 Å². The van der Waals surface area contributed by atoms with Gasteiger partial charge in [-0.15, -0.1) is 0 Å². The Balaban J connectivity index is 2.22. The molecule has 0 spiro atoms. The van der Waals surface area contributed by atoms with Crippen LogP contribution in [-0.2, 0) is 9.59 Å². The number of amides is 1. The van der Waals surface area contributed by atoms with Crippen molar-refractivity contribution in [3.63, 3.8) is 0 Å². The summed E-state index contributed by atoms with van der Waals surface area (Å²) in [4.78, 5) is 25.8. The van der Waals surface area contributed by atoms with Crippen LogP contribution in [0.2, 0.25) is 0 Å². The number of carbonyl (C=O) groups is 2. The van der Waals surface area contributed by atoms with Crippen LogP contribution in [0.3, 0.4) is 0 Å². The monoisotopic (exact) mass is 272 g/mol. The topological polar surface area (TPSA) is 70.4 Å². The van der Waals surface area contributed by atoms with Crippen molar-refractivity contribution in [2.75, 3.05) is 18.6 Å². The summed E-state index contributed by atoms with van der Waals surface area (Å²) in [7, 11) is 1.57. The highest BCUT2D eigenvalue weighted by atomic mass is 16.5. The number of methoxy groups -OCH3 is 1. The van der Waals surface area contributed by atoms with Crippen molar-refractivity contribution in [2.24, 2.45) is 5.92 Å². The van der Waals surface area contributed by atoms with Gasteiger partial charge in [-0.05, 0) is 25.0 Å². The van der Waals surface area contributed by atoms with Crippen molar-refractivity contribution in [3.05, 3.63) is 24.3 Å². The molecule has 1 atom stereocenters. The second-order valence-corrected chi connectivity index (χ2v) is 4.69. The number of Topliss-reactive ketones (excluding diaryl/α,β-unsaturated/α-hetero) is 1. The third-order valence-corrected chi connectivity index (χ3v) is 3.45. The van der Waals surface area contributed by atoms with Gasteiger partial charge in [0.25, 0.3) is 0 Å². The third-order valence-electron chi connectivity index (χ3n) is 3.45. The molecule has 1 saturated heterocycles. The molecule has 104 valence electrons. The first-order chi connectivity index (χ1) is 9.67. The Labute approximate surface area is 117 Å². The average molecular weight is 272 g/mol. The third kappa shape index (κ3) is 2.80. The molecule has 0 bridgehead atoms. The minimum absolute atomic E-state index is 0.206. The van der Waals surface area contributed by atoms with E-state index in [1.165, 1.54) is 0 Å². The number of carbonyl (C=O) groups excluding carboxylic acids is 2. The van der Waals surface area contributed by atoms with Gasteiger partial charge in [0, 0.05) is 18.3 Å². The molecule has 2 rings (SSSR count). The Bertz CT molecular complexity index is 562. The van der Waals surface area contributed by atoms with Crippen molar-refractivity contribution in [1.29, 1.82) is 5.26 Å². The van der Waals surface area contributed by atoms with Gasteiger partial charge >= 0.3 is 0 Å². The predicted octanol–water partition coefficient (Wildman–Crippen LogP) is 1.92. The van der Waals surface area contributed by atoms with E-state index in [0.717, 1.165) is 12.1 Å². The van der Waals surface area contributed by atoms with E-state index in [1.807, 2.05) is 18.2 Å². The van der Waals surface area contributed by atoms with Crippen LogP contribution in [0.1, 0.15) is 19.3 Å². The zero-order chi connectivity index (χ0) is 14.5. The van der Waals surface area contributed by atoms with Crippen LogP contribution in [0.5, 0.6) is 5.75 Å². The zero-order valence-corrected chi connectivity index (χ0v) is 11.3. The van der Waals surface area contributed by atoms with Crippen molar-refractivity contribution < 1.29 is 14.3 Å². The van der Waals surface area contributed by atoms with E-state index < -0.39 is 5.92 Å². The largest absolute Gasteiger partial charge is 0.497 e. The number of rotatable bonds is 4. The van der Waals surface area contributed by atoms with Gasteiger partial charge in [-0.2, -0.15) is 5.26 Å². The van der Waals surface area contributed by atoms with Gasteiger partial charge in [-0.25, -0.2) is 0 Å². The average Bonchev–Trinajstić information content (AvgIpc) is 2.47. The Kier molecular flexibility index (Phi) is 4.36. The lowest BCUT2D eigenvalue weighted by Crippen LogP contribution is -2.44. The van der Waals surface area contributed by atoms with E-state index in [1.54, 1.807) is 24.1 Å². The van der Waals surface area contributed by atoms with Crippen molar-refractivity contribution in [3.8, 4) is 11.8 Å². The first-order valence-corrected chi connectivity index (χ1v) is 6.52. The van der Waals surface area contributed by atoms with Crippen LogP contribution in [0, 0.1) is 17.2 Å². The van der Waals surface area contributed by atoms with E-state index in [9.17, 15) is 9.59 Å². The number of anilines is 1. The second kappa shape index (κ2) is 6.20. The van der Waals surface area contributed by atoms with E-state index in [2.05, 4.69) is 0 Å². The Hall–Kier alpha value is -2.35. The van der Waals surface area contributed by atoms with Gasteiger partial charge in [0.05, 0.1) is 25.5 Å². The summed E-state index contributed by atoms with van der Waals surface area (Å²) in [6, 6.07) is 9.02. The van der Waals surface area contributed by atoms with Crippen molar-refractivity contribution >= 4 is 17.4 Å². The lowest BCUT2D eigenvalue weighted by Gasteiger charge is -2.31. The van der Waals surface area contributed by atoms with Crippen LogP contribution in [0.25, 0.3) is 0 Å². The fourth-order valence-electron chi connectivity index (χ4n) is 2.41. The van der Waals surface area contributed by atoms with E-state index in [4.69, 9.17) is 10.00 Å². The van der Waals surface area contributed by atoms with Crippen molar-refractivity contribution in [1.82, 2.24) is 0 Å². The number of piperidine rings is 1. The normalized spacial score (nSPS) is 18.5. The maximum atomic E-state index is 12.4. The molecule has 1 aromatic carbocycles. The molecule has 0 aliphatic carbocycles. The molecule has 1 heterocycles. The van der Waals surface area contributed by atoms with E-state index in [0.29, 0.717) is 18.7 Å². The van der Waals surface area contributed by atoms with Crippen LogP contribution < -0.4 is 9.64 Å². The van der Waals surface area contributed by atoms with E-state index >= 15 is 0 Å². The lowest BCUT2D eigenvalue weighted by atomic mass is 9.91. The molecular formula is C15H16N2O3. The molecule has 20 heavy (non-hydrogen) atoms. The zero-order valence-electron chi connectivity index (χ0n) is 11.3. The number of hydrogen-bond acceptors (Lipinski definition) is 4. The summed E-state index contributed by atoms with van der Waals surface area (Å²) >= 11 is 0. The lowest BCUT2D eigenvalue weighted by molar-refractivity contribution is -0.133. The highest BCUT2D eigenvalue weighted by Crippen LogP contribution is 2.28. The van der Waals surface area contributed by atoms with Crippen LogP contribution in [-0.4, -0.2) is 25.3 Å². The summed E-state index contributed by atoms with van der Waals surface area (Å²) in [5.74, 6) is -0.523. The molecule has 1 amide bonds. The standard InChI is InChI=1S/C15H16N2O3/c1-20-12-5-2-4-11(10-12)17-9-3-6-13(15(17)19)14(18)7-8-16/h2,4-5,10,13H,3,6-7,9H2,1H3. The van der Waals surface area contributed by atoms with E-state index in [-0.39, 0.29) is 18.1 Å². The van der Waals surface area contributed by atoms with Crippen LogP contribution >= 0.6 is 0 Å². The molecule has 1 unspecified atom stereocenters. The summed E-state index contributed by atoms with van der Waals surface area (Å²) in [6.07, 6.45) is 1.08. The molecule has 0 saturated carbocycles. The van der Waals surface area contributed by atoms with Gasteiger partial charge in [-0.1, -0.05) is 6.07 Å². The molecule has 1 fully saturated rings. The second-order valence-electron chi connectivity index (χ2n) is 4.69. The first kappa shape index (κ1) is 14.1. The number of hydrogen-bond donors (Lipinski definition) is 0. The van der Waals surface area contributed by atoms with Gasteiger partial charge in [-0.3, -0.25) is 9.59 Å². The van der Waals surface area contributed by atoms with Gasteiger partial charge in [0.15, 0.2) is 5.78 Å². The maximum Gasteiger partial charge on any atom is 0.237 e. The quantitative estimate of drug-likeness (QED) is 0.785. The number of nitrogens with zero attached hydrogens (tertiary/aromatic N) is 2. The SMILES string of the molecule is COc1cccc(N2CCCC(C(=O)CC#N)C2=O)c1. The minimum Gasteiger partial charge on any atom is -0.497 e. The van der Waals surface area contributed by atoms with Crippen LogP contribution in [0.15, 0.2) is 24.3 Å². The molecular weight excluding hydrogens is 256 g/mol. The Morgan fingerprint density at radius 2 is 2.35 bits per heavy atom. The predicted molar refractivity (Wildman–Crippen MR) is 73.3 cm³/mol. The first-order valence-electron chi connectivity index (χ1n) is 6.52. The number of ether oxygens (including phenoxy) is 1. The summed E-state index contributed by atoms with van der Waals surface area (Å²) in [6.45, 7) is 0.586. The smallest absolute Gasteiger partial charge is 0.237 e. The number of ketones is 1. The molecule has 1 aliphatic heterocycles. The minimum atomic E-state index is -0.686. The number of benzene rings is 1.